The minimum absolute atomic E-state index is 0.0392. The number of oxime groups is 1. The fourth-order valence-electron chi connectivity index (χ4n) is 3.00. The van der Waals surface area contributed by atoms with Gasteiger partial charge in [-0.25, -0.2) is 19.2 Å². The fraction of sp³-hybridized carbons (Fsp3) is 0.273. The number of aromatic nitrogens is 1. The molecular weight excluding hydrogens is 494 g/mol. The van der Waals surface area contributed by atoms with Gasteiger partial charge in [-0.05, 0) is 37.3 Å². The summed E-state index contributed by atoms with van der Waals surface area (Å²) in [4.78, 5) is 24.2. The predicted octanol–water partition coefficient (Wildman–Crippen LogP) is 4.67. The van der Waals surface area contributed by atoms with E-state index in [0.717, 1.165) is 7.11 Å². The number of hydrogen-bond donors (Lipinski definition) is 2. The molecule has 8 nitrogen and oxygen atoms in total. The number of nitrogens with two attached hydrogens (primary N) is 1. The van der Waals surface area contributed by atoms with E-state index in [9.17, 15) is 22.4 Å². The van der Waals surface area contributed by atoms with Gasteiger partial charge in [-0.2, -0.15) is 13.2 Å². The van der Waals surface area contributed by atoms with Crippen LogP contribution in [0.15, 0.2) is 58.4 Å². The molecule has 35 heavy (non-hydrogen) atoms. The summed E-state index contributed by atoms with van der Waals surface area (Å²) in [5.41, 5.74) is 3.16. The minimum atomic E-state index is -4.86. The topological polar surface area (TPSA) is 111 Å². The third kappa shape index (κ3) is 6.27. The molecule has 1 aromatic carbocycles. The van der Waals surface area contributed by atoms with Gasteiger partial charge < -0.3 is 20.6 Å². The van der Waals surface area contributed by atoms with Crippen molar-refractivity contribution in [2.45, 2.75) is 31.7 Å². The smallest absolute Gasteiger partial charge is 0.433 e. The van der Waals surface area contributed by atoms with Crippen molar-refractivity contribution in [1.29, 1.82) is 0 Å². The Bertz CT molecular complexity index is 1180. The van der Waals surface area contributed by atoms with Crippen molar-refractivity contribution < 1.29 is 31.9 Å². The van der Waals surface area contributed by atoms with Crippen molar-refractivity contribution in [2.24, 2.45) is 15.9 Å². The third-order valence-electron chi connectivity index (χ3n) is 4.91. The van der Waals surface area contributed by atoms with Crippen LogP contribution in [-0.4, -0.2) is 41.3 Å². The first-order valence-electron chi connectivity index (χ1n) is 10.0. The maximum absolute atomic E-state index is 13.9. The number of ether oxygens (including phenoxy) is 1. The molecule has 0 radical (unpaired) electrons. The average molecular weight is 514 g/mol. The Morgan fingerprint density at radius 1 is 1.37 bits per heavy atom. The number of alkyl halides is 3. The second-order valence-corrected chi connectivity index (χ2v) is 7.99. The van der Waals surface area contributed by atoms with Crippen molar-refractivity contribution >= 4 is 40.5 Å². The first-order chi connectivity index (χ1) is 16.4. The van der Waals surface area contributed by atoms with E-state index in [0.29, 0.717) is 11.8 Å². The summed E-state index contributed by atoms with van der Waals surface area (Å²) in [6.45, 7) is 1.42. The summed E-state index contributed by atoms with van der Waals surface area (Å²) < 4.78 is 59.2. The van der Waals surface area contributed by atoms with Crippen LogP contribution in [0.3, 0.4) is 0 Å². The molecule has 3 rings (SSSR count). The molecule has 3 N–H and O–H groups in total. The van der Waals surface area contributed by atoms with Gasteiger partial charge >= 0.3 is 12.1 Å². The zero-order valence-corrected chi connectivity index (χ0v) is 19.2. The molecule has 186 valence electrons. The molecule has 2 heterocycles. The lowest BCUT2D eigenvalue weighted by Gasteiger charge is -2.17. The van der Waals surface area contributed by atoms with Gasteiger partial charge in [0.2, 0.25) is 5.60 Å². The average Bonchev–Trinajstić information content (AvgIpc) is 3.21. The van der Waals surface area contributed by atoms with Gasteiger partial charge in [-0.1, -0.05) is 22.8 Å². The number of methoxy groups -OCH3 is 1. The number of carbonyl (C=O) groups excluding carboxylic acids is 1. The van der Waals surface area contributed by atoms with Crippen LogP contribution in [-0.2, 0) is 20.9 Å². The van der Waals surface area contributed by atoms with E-state index >= 15 is 0 Å². The van der Waals surface area contributed by atoms with Crippen molar-refractivity contribution in [3.63, 3.8) is 0 Å². The molecule has 0 saturated heterocycles. The molecular formula is C22H20ClF4N5O3. The number of rotatable bonds is 7. The Morgan fingerprint density at radius 3 is 2.71 bits per heavy atom. The number of hydrogen-bond acceptors (Lipinski definition) is 8. The number of halogens is 5. The Kier molecular flexibility index (Phi) is 7.64. The number of carbonyl (C=O) groups is 1. The Labute approximate surface area is 202 Å². The Hall–Kier alpha value is -3.67. The maximum atomic E-state index is 13.9. The van der Waals surface area contributed by atoms with Crippen molar-refractivity contribution in [1.82, 2.24) is 4.98 Å². The monoisotopic (exact) mass is 513 g/mol. The summed E-state index contributed by atoms with van der Waals surface area (Å²) in [7, 11) is 1.14. The quantitative estimate of drug-likeness (QED) is 0.316. The SMILES string of the molecule is COC(=O)C1(C)CC(/C(N)=C/C(=Nc2ccc(NCc3c(F)cccc3Cl)cn2)C(F)(F)F)=NO1. The number of esters is 1. The number of nitrogens with zero attached hydrogens (tertiary/aromatic N) is 3. The van der Waals surface area contributed by atoms with E-state index in [-0.39, 0.29) is 40.8 Å². The van der Waals surface area contributed by atoms with Crippen LogP contribution in [0.4, 0.5) is 29.1 Å². The number of nitrogens with one attached hydrogen (secondary N) is 1. The van der Waals surface area contributed by atoms with Gasteiger partial charge in [0, 0.05) is 23.6 Å². The minimum Gasteiger partial charge on any atom is -0.466 e. The van der Waals surface area contributed by atoms with Gasteiger partial charge in [0.25, 0.3) is 0 Å². The predicted molar refractivity (Wildman–Crippen MR) is 122 cm³/mol. The molecule has 1 aliphatic rings. The highest BCUT2D eigenvalue weighted by Gasteiger charge is 2.44. The van der Waals surface area contributed by atoms with E-state index in [2.05, 4.69) is 25.2 Å². The van der Waals surface area contributed by atoms with Crippen molar-refractivity contribution in [3.8, 4) is 0 Å². The highest BCUT2D eigenvalue weighted by molar-refractivity contribution is 6.31. The summed E-state index contributed by atoms with van der Waals surface area (Å²) in [5.74, 6) is -1.49. The third-order valence-corrected chi connectivity index (χ3v) is 5.26. The molecule has 1 aliphatic heterocycles. The van der Waals surface area contributed by atoms with Gasteiger partial charge in [-0.3, -0.25) is 0 Å². The number of pyridine rings is 1. The first-order valence-corrected chi connectivity index (χ1v) is 10.4. The number of anilines is 1. The van der Waals surface area contributed by atoms with Crippen LogP contribution in [0.1, 0.15) is 18.9 Å². The molecule has 1 unspecified atom stereocenters. The normalized spacial score (nSPS) is 18.7. The molecule has 13 heteroatoms. The fourth-order valence-corrected chi connectivity index (χ4v) is 3.23. The number of benzene rings is 1. The molecule has 0 saturated carbocycles. The van der Waals surface area contributed by atoms with Crippen LogP contribution in [0, 0.1) is 5.82 Å². The Morgan fingerprint density at radius 2 is 2.11 bits per heavy atom. The molecule has 2 aromatic rings. The summed E-state index contributed by atoms with van der Waals surface area (Å²) in [6, 6.07) is 6.94. The van der Waals surface area contributed by atoms with Gasteiger partial charge in [0.1, 0.15) is 17.2 Å². The lowest BCUT2D eigenvalue weighted by Crippen LogP contribution is -2.37. The van der Waals surface area contributed by atoms with Crippen LogP contribution >= 0.6 is 11.6 Å². The van der Waals surface area contributed by atoms with E-state index in [1.807, 2.05) is 0 Å². The summed E-state index contributed by atoms with van der Waals surface area (Å²) in [5, 5.41) is 6.73. The zero-order valence-electron chi connectivity index (χ0n) is 18.5. The second kappa shape index (κ2) is 10.3. The van der Waals surface area contributed by atoms with Gasteiger partial charge in [0.15, 0.2) is 5.82 Å². The van der Waals surface area contributed by atoms with Crippen LogP contribution in [0.5, 0.6) is 0 Å². The molecule has 0 fully saturated rings. The Balaban J connectivity index is 1.76. The van der Waals surface area contributed by atoms with Crippen LogP contribution in [0.2, 0.25) is 5.02 Å². The van der Waals surface area contributed by atoms with Crippen molar-refractivity contribution in [3.05, 3.63) is 64.7 Å². The molecule has 0 aliphatic carbocycles. The standard InChI is InChI=1S/C22H20ClF4N5O3/c1-21(20(33)34-2)9-17(32-35-21)16(28)8-18(22(25,26)27)31-19-7-6-12(10-30-19)29-11-13-14(23)4-3-5-15(13)24/h3-8,10,29H,9,11,28H2,1-2H3/b16-8-,31-18?. The molecule has 1 atom stereocenters. The maximum Gasteiger partial charge on any atom is 0.433 e. The molecule has 0 spiro atoms. The summed E-state index contributed by atoms with van der Waals surface area (Å²) in [6.07, 6.45) is -3.22. The molecule has 0 bridgehead atoms. The second-order valence-electron chi connectivity index (χ2n) is 7.58. The van der Waals surface area contributed by atoms with E-state index in [1.54, 1.807) is 0 Å². The van der Waals surface area contributed by atoms with E-state index in [4.69, 9.17) is 22.2 Å². The lowest BCUT2D eigenvalue weighted by atomic mass is 9.98. The molecule has 0 amide bonds. The van der Waals surface area contributed by atoms with Gasteiger partial charge in [-0.15, -0.1) is 0 Å². The zero-order chi connectivity index (χ0) is 25.8. The summed E-state index contributed by atoms with van der Waals surface area (Å²) >= 11 is 5.97. The largest absolute Gasteiger partial charge is 0.466 e. The number of allylic oxidation sites excluding steroid dienone is 2. The molecule has 1 aromatic heterocycles. The van der Waals surface area contributed by atoms with Crippen LogP contribution in [0.25, 0.3) is 0 Å². The van der Waals surface area contributed by atoms with E-state index in [1.165, 1.54) is 43.5 Å². The van der Waals surface area contributed by atoms with E-state index < -0.39 is 29.3 Å². The highest BCUT2D eigenvalue weighted by Crippen LogP contribution is 2.28. The first kappa shape index (κ1) is 25.9. The van der Waals surface area contributed by atoms with Crippen molar-refractivity contribution in [2.75, 3.05) is 12.4 Å². The highest BCUT2D eigenvalue weighted by atomic mass is 35.5. The lowest BCUT2D eigenvalue weighted by molar-refractivity contribution is -0.164. The van der Waals surface area contributed by atoms with Gasteiger partial charge in [0.05, 0.1) is 24.7 Å². The number of aliphatic imine (C=N–C) groups is 1. The van der Waals surface area contributed by atoms with Crippen LogP contribution < -0.4 is 11.1 Å².